The van der Waals surface area contributed by atoms with E-state index in [0.717, 1.165) is 40.5 Å². The van der Waals surface area contributed by atoms with Crippen LogP contribution in [0.25, 0.3) is 16.4 Å². The third kappa shape index (κ3) is 3.37. The van der Waals surface area contributed by atoms with Gasteiger partial charge >= 0.3 is 6.03 Å². The molecule has 2 amide bonds. The molecule has 1 aromatic carbocycles. The van der Waals surface area contributed by atoms with Gasteiger partial charge in [0.25, 0.3) is 5.91 Å². The first kappa shape index (κ1) is 23.5. The summed E-state index contributed by atoms with van der Waals surface area (Å²) >= 11 is 0. The lowest BCUT2D eigenvalue weighted by atomic mass is 9.61. The van der Waals surface area contributed by atoms with E-state index in [4.69, 9.17) is 4.74 Å². The lowest BCUT2D eigenvalue weighted by Gasteiger charge is -2.45. The third-order valence-electron chi connectivity index (χ3n) is 8.45. The Hall–Kier alpha value is -3.85. The fraction of sp³-hybridized carbons (Fsp3) is 0.393. The van der Waals surface area contributed by atoms with Crippen LogP contribution >= 0.6 is 0 Å². The maximum Gasteiger partial charge on any atom is 0.325 e. The zero-order chi connectivity index (χ0) is 26.3. The number of rotatable bonds is 4. The first-order valence-corrected chi connectivity index (χ1v) is 12.6. The van der Waals surface area contributed by atoms with E-state index in [1.165, 1.54) is 0 Å². The van der Waals surface area contributed by atoms with E-state index in [1.54, 1.807) is 34.6 Å². The summed E-state index contributed by atoms with van der Waals surface area (Å²) in [5, 5.41) is 18.6. The van der Waals surface area contributed by atoms with Crippen LogP contribution in [0.3, 0.4) is 0 Å². The summed E-state index contributed by atoms with van der Waals surface area (Å²) in [5.41, 5.74) is 2.71. The summed E-state index contributed by atoms with van der Waals surface area (Å²) in [6.45, 7) is 8.05. The zero-order valence-corrected chi connectivity index (χ0v) is 21.7. The van der Waals surface area contributed by atoms with Gasteiger partial charge in [-0.05, 0) is 70.4 Å². The minimum Gasteiger partial charge on any atom is -0.455 e. The summed E-state index contributed by atoms with van der Waals surface area (Å²) in [7, 11) is 1.61. The van der Waals surface area contributed by atoms with Crippen molar-refractivity contribution in [1.82, 2.24) is 24.4 Å². The smallest absolute Gasteiger partial charge is 0.325 e. The van der Waals surface area contributed by atoms with Crippen molar-refractivity contribution in [2.24, 2.45) is 5.41 Å². The number of carbonyl (C=O) groups is 2. The molecule has 0 spiro atoms. The van der Waals surface area contributed by atoms with Gasteiger partial charge in [0, 0.05) is 48.4 Å². The number of nitrogens with one attached hydrogen (secondary N) is 1. The predicted octanol–water partition coefficient (Wildman–Crippen LogP) is 4.26. The maximum atomic E-state index is 13.6. The Kier molecular flexibility index (Phi) is 4.98. The van der Waals surface area contributed by atoms with Gasteiger partial charge in [-0.25, -0.2) is 9.31 Å². The number of carbonyl (C=O) groups excluding carboxylic acids is 2. The number of aromatic nitrogens is 3. The number of aliphatic hydroxyl groups is 1. The van der Waals surface area contributed by atoms with Crippen LogP contribution in [-0.4, -0.2) is 61.4 Å². The van der Waals surface area contributed by atoms with E-state index >= 15 is 0 Å². The summed E-state index contributed by atoms with van der Waals surface area (Å²) in [5.74, 6) is 1.18. The molecule has 192 valence electrons. The van der Waals surface area contributed by atoms with Gasteiger partial charge < -0.3 is 20.1 Å². The van der Waals surface area contributed by atoms with Gasteiger partial charge in [0.2, 0.25) is 0 Å². The highest BCUT2D eigenvalue weighted by Crippen LogP contribution is 2.58. The number of nitrogens with zero attached hydrogens (tertiary/aromatic N) is 4. The summed E-state index contributed by atoms with van der Waals surface area (Å²) < 4.78 is 9.61. The number of fused-ring (bicyclic) bond motifs is 3. The van der Waals surface area contributed by atoms with Crippen LogP contribution in [0, 0.1) is 19.3 Å². The molecule has 9 nitrogen and oxygen atoms in total. The van der Waals surface area contributed by atoms with Gasteiger partial charge in [-0.1, -0.05) is 0 Å². The van der Waals surface area contributed by atoms with Crippen molar-refractivity contribution in [2.75, 3.05) is 13.6 Å². The van der Waals surface area contributed by atoms with E-state index < -0.39 is 5.60 Å². The first-order chi connectivity index (χ1) is 17.5. The molecule has 2 aliphatic heterocycles. The Morgan fingerprint density at radius 2 is 1.95 bits per heavy atom. The van der Waals surface area contributed by atoms with Gasteiger partial charge in [0.05, 0.1) is 22.9 Å². The molecule has 5 heterocycles. The van der Waals surface area contributed by atoms with E-state index in [2.05, 4.69) is 10.4 Å². The van der Waals surface area contributed by atoms with Crippen molar-refractivity contribution < 1.29 is 19.4 Å². The minimum absolute atomic E-state index is 0.0324. The Morgan fingerprint density at radius 1 is 1.19 bits per heavy atom. The lowest BCUT2D eigenvalue weighted by Crippen LogP contribution is -2.50. The minimum atomic E-state index is -0.817. The Labute approximate surface area is 214 Å². The molecule has 7 rings (SSSR count). The maximum absolute atomic E-state index is 13.6. The van der Waals surface area contributed by atoms with Crippen LogP contribution < -0.4 is 10.1 Å². The van der Waals surface area contributed by atoms with Crippen LogP contribution in [-0.2, 0) is 0 Å². The molecule has 3 aromatic heterocycles. The zero-order valence-electron chi connectivity index (χ0n) is 21.7. The quantitative estimate of drug-likeness (QED) is 0.435. The predicted molar refractivity (Wildman–Crippen MR) is 139 cm³/mol. The van der Waals surface area contributed by atoms with Crippen LogP contribution in [0.2, 0.25) is 0 Å². The van der Waals surface area contributed by atoms with E-state index in [-0.39, 0.29) is 23.4 Å². The molecule has 9 heteroatoms. The molecule has 3 fully saturated rings. The van der Waals surface area contributed by atoms with Crippen molar-refractivity contribution in [3.63, 3.8) is 0 Å². The fourth-order valence-electron chi connectivity index (χ4n) is 6.16. The number of benzene rings is 1. The second-order valence-corrected chi connectivity index (χ2v) is 11.0. The number of hydrogen-bond donors (Lipinski definition) is 2. The summed E-state index contributed by atoms with van der Waals surface area (Å²) in [6.07, 6.45) is 5.09. The van der Waals surface area contributed by atoms with Gasteiger partial charge in [-0.15, -0.1) is 0 Å². The largest absolute Gasteiger partial charge is 0.455 e. The Bertz CT molecular complexity index is 1590. The van der Waals surface area contributed by atoms with Crippen LogP contribution in [0.1, 0.15) is 48.3 Å². The second-order valence-electron chi connectivity index (χ2n) is 11.0. The van der Waals surface area contributed by atoms with Gasteiger partial charge in [-0.3, -0.25) is 9.36 Å². The van der Waals surface area contributed by atoms with Crippen molar-refractivity contribution in [2.45, 2.75) is 52.2 Å². The van der Waals surface area contributed by atoms with Gasteiger partial charge in [-0.2, -0.15) is 5.10 Å². The van der Waals surface area contributed by atoms with Crippen LogP contribution in [0.4, 0.5) is 4.79 Å². The summed E-state index contributed by atoms with van der Waals surface area (Å²) in [4.78, 5) is 27.8. The van der Waals surface area contributed by atoms with Crippen molar-refractivity contribution >= 4 is 28.4 Å². The molecule has 37 heavy (non-hydrogen) atoms. The number of hydrogen-bond acceptors (Lipinski definition) is 5. The highest BCUT2D eigenvalue weighted by atomic mass is 16.5. The molecular weight excluding hydrogens is 470 g/mol. The number of aryl methyl sites for hydroxylation is 2. The molecule has 0 atom stereocenters. The van der Waals surface area contributed by atoms with Gasteiger partial charge in [0.1, 0.15) is 11.3 Å². The molecule has 3 aliphatic rings. The fourth-order valence-corrected chi connectivity index (χ4v) is 6.16. The van der Waals surface area contributed by atoms with Crippen molar-refractivity contribution in [3.8, 4) is 11.5 Å². The van der Waals surface area contributed by atoms with Crippen LogP contribution in [0.5, 0.6) is 11.5 Å². The van der Waals surface area contributed by atoms with Crippen molar-refractivity contribution in [1.29, 1.82) is 0 Å². The van der Waals surface area contributed by atoms with Gasteiger partial charge in [0.15, 0.2) is 5.75 Å². The monoisotopic (exact) mass is 501 g/mol. The highest BCUT2D eigenvalue weighted by molar-refractivity contribution is 5.99. The number of amides is 2. The molecule has 4 aromatic rings. The lowest BCUT2D eigenvalue weighted by molar-refractivity contribution is -0.0755. The third-order valence-corrected chi connectivity index (χ3v) is 8.45. The highest BCUT2D eigenvalue weighted by Gasteiger charge is 2.62. The average Bonchev–Trinajstić information content (AvgIpc) is 3.56. The molecule has 0 unspecified atom stereocenters. The second kappa shape index (κ2) is 7.82. The Morgan fingerprint density at radius 3 is 2.62 bits per heavy atom. The molecule has 2 N–H and O–H groups in total. The standard InChI is InChI=1S/C28H31N5O4/c1-16-10-18-11-20(6-7-22(18)33(16)26(35)29-5)37-23-8-9-30-32-14-21(17(2)24(23)32)25(34)31-15-28(27(3,4)36)12-19(31)13-28/h6-11,14,19,36H,12-13,15H2,1-5H3,(H,29,35). The van der Waals surface area contributed by atoms with E-state index in [9.17, 15) is 14.7 Å². The van der Waals surface area contributed by atoms with E-state index in [1.807, 2.05) is 56.9 Å². The first-order valence-electron chi connectivity index (χ1n) is 12.6. The van der Waals surface area contributed by atoms with Crippen molar-refractivity contribution in [3.05, 3.63) is 59.5 Å². The molecule has 2 saturated heterocycles. The molecule has 1 aliphatic carbocycles. The number of ether oxygens (including phenoxy) is 1. The molecule has 1 saturated carbocycles. The Balaban J connectivity index is 1.32. The average molecular weight is 502 g/mol. The normalized spacial score (nSPS) is 20.9. The van der Waals surface area contributed by atoms with E-state index in [0.29, 0.717) is 23.6 Å². The topological polar surface area (TPSA) is 101 Å². The SMILES string of the molecule is CNC(=O)n1c(C)cc2cc(Oc3ccnn4cc(C(=O)N5CC6(C(C)(C)O)CC5C6)c(C)c34)ccc21. The molecule has 0 radical (unpaired) electrons. The summed E-state index contributed by atoms with van der Waals surface area (Å²) in [6, 6.07) is 9.30. The van der Waals surface area contributed by atoms with Crippen LogP contribution in [0.15, 0.2) is 42.7 Å². The molecule has 2 bridgehead atoms. The molecular formula is C28H31N5O4.